The van der Waals surface area contributed by atoms with E-state index in [1.54, 1.807) is 0 Å². The fourth-order valence-electron chi connectivity index (χ4n) is 3.33. The molecule has 7 heteroatoms. The van der Waals surface area contributed by atoms with Crippen molar-refractivity contribution in [2.75, 3.05) is 13.2 Å². The molecule has 1 aromatic rings. The van der Waals surface area contributed by atoms with E-state index >= 15 is 0 Å². The van der Waals surface area contributed by atoms with E-state index in [-0.39, 0.29) is 41.9 Å². The smallest absolute Gasteiger partial charge is 0.339 e. The fourth-order valence-corrected chi connectivity index (χ4v) is 3.33. The number of rotatable bonds is 15. The molecule has 0 aliphatic heterocycles. The predicted molar refractivity (Wildman–Crippen MR) is 120 cm³/mol. The third kappa shape index (κ3) is 9.07. The molecule has 1 aromatic carbocycles. The van der Waals surface area contributed by atoms with Gasteiger partial charge in [-0.15, -0.1) is 0 Å². The minimum absolute atomic E-state index is 0.00236. The quantitative estimate of drug-likeness (QED) is 0.181. The van der Waals surface area contributed by atoms with E-state index in [1.807, 2.05) is 13.8 Å². The molecule has 0 aliphatic carbocycles. The Kier molecular flexibility index (Phi) is 12.5. The Morgan fingerprint density at radius 3 is 1.77 bits per heavy atom. The highest BCUT2D eigenvalue weighted by Crippen LogP contribution is 2.22. The van der Waals surface area contributed by atoms with Gasteiger partial charge in [0, 0.05) is 12.1 Å². The van der Waals surface area contributed by atoms with Crippen molar-refractivity contribution in [2.45, 2.75) is 79.1 Å². The number of carbonyl (C=O) groups excluding carboxylic acids is 2. The number of hydrogen-bond donors (Lipinski definition) is 0. The first kappa shape index (κ1) is 26.6. The third-order valence-corrected chi connectivity index (χ3v) is 5.64. The molecule has 0 aliphatic rings. The maximum Gasteiger partial charge on any atom is 0.339 e. The minimum Gasteiger partial charge on any atom is -0.462 e. The highest BCUT2D eigenvalue weighted by Gasteiger charge is 2.24. The molecule has 174 valence electrons. The molecule has 0 saturated heterocycles. The Bertz CT molecular complexity index is 718. The first-order valence-corrected chi connectivity index (χ1v) is 11.5. The second kappa shape index (κ2) is 14.5. The van der Waals surface area contributed by atoms with Gasteiger partial charge in [0.15, 0.2) is 0 Å². The zero-order chi connectivity index (χ0) is 23.2. The summed E-state index contributed by atoms with van der Waals surface area (Å²) in [5, 5.41) is 11.2. The SMILES string of the molecule is CCCCC(CC)COC(=O)c1ccc([N+](=O)[O-])cc1C(=O)OCC(CC)CCCC. The summed E-state index contributed by atoms with van der Waals surface area (Å²) in [7, 11) is 0. The summed E-state index contributed by atoms with van der Waals surface area (Å²) in [6, 6.07) is 3.58. The van der Waals surface area contributed by atoms with Gasteiger partial charge in [-0.25, -0.2) is 9.59 Å². The summed E-state index contributed by atoms with van der Waals surface area (Å²) in [6.07, 6.45) is 7.89. The Hall–Kier alpha value is -2.44. The van der Waals surface area contributed by atoms with Gasteiger partial charge >= 0.3 is 11.9 Å². The summed E-state index contributed by atoms with van der Waals surface area (Å²) in [5.74, 6) is -0.915. The van der Waals surface area contributed by atoms with Crippen LogP contribution in [0.1, 0.15) is 99.8 Å². The number of nitro groups is 1. The predicted octanol–water partition coefficient (Wildman–Crippen LogP) is 6.34. The molecule has 31 heavy (non-hydrogen) atoms. The lowest BCUT2D eigenvalue weighted by Crippen LogP contribution is -2.19. The molecule has 0 amide bonds. The maximum absolute atomic E-state index is 12.7. The first-order valence-electron chi connectivity index (χ1n) is 11.5. The van der Waals surface area contributed by atoms with Crippen LogP contribution in [0, 0.1) is 22.0 Å². The molecule has 0 fully saturated rings. The highest BCUT2D eigenvalue weighted by molar-refractivity contribution is 6.03. The van der Waals surface area contributed by atoms with Crippen LogP contribution in [0.4, 0.5) is 5.69 Å². The van der Waals surface area contributed by atoms with Crippen molar-refractivity contribution in [2.24, 2.45) is 11.8 Å². The van der Waals surface area contributed by atoms with Gasteiger partial charge in [0.1, 0.15) is 0 Å². The molecule has 0 heterocycles. The van der Waals surface area contributed by atoms with Gasteiger partial charge in [-0.3, -0.25) is 10.1 Å². The van der Waals surface area contributed by atoms with Crippen LogP contribution in [0.5, 0.6) is 0 Å². The Morgan fingerprint density at radius 2 is 1.35 bits per heavy atom. The van der Waals surface area contributed by atoms with Crippen LogP contribution in [0.3, 0.4) is 0 Å². The van der Waals surface area contributed by atoms with Gasteiger partial charge in [0.05, 0.1) is 29.3 Å². The second-order valence-electron chi connectivity index (χ2n) is 8.02. The first-order chi connectivity index (χ1) is 14.9. The molecule has 0 bridgehead atoms. The van der Waals surface area contributed by atoms with Gasteiger partial charge in [-0.2, -0.15) is 0 Å². The topological polar surface area (TPSA) is 95.7 Å². The van der Waals surface area contributed by atoms with Crippen LogP contribution in [-0.2, 0) is 9.47 Å². The molecule has 7 nitrogen and oxygen atoms in total. The van der Waals surface area contributed by atoms with E-state index < -0.39 is 16.9 Å². The van der Waals surface area contributed by atoms with Crippen molar-refractivity contribution in [1.82, 2.24) is 0 Å². The van der Waals surface area contributed by atoms with Gasteiger partial charge in [-0.05, 0) is 30.7 Å². The number of non-ortho nitro benzene ring substituents is 1. The number of benzene rings is 1. The molecular formula is C24H37NO6. The standard InChI is InChI=1S/C24H37NO6/c1-5-9-11-18(7-3)16-30-23(26)21-14-13-20(25(28)29)15-22(21)24(27)31-17-19(8-4)12-10-6-2/h13-15,18-19H,5-12,16-17H2,1-4H3. The molecule has 0 radical (unpaired) electrons. The number of nitro benzene ring substituents is 1. The Balaban J connectivity index is 2.96. The highest BCUT2D eigenvalue weighted by atomic mass is 16.6. The number of hydrogen-bond acceptors (Lipinski definition) is 6. The van der Waals surface area contributed by atoms with Crippen LogP contribution in [0.15, 0.2) is 18.2 Å². The summed E-state index contributed by atoms with van der Waals surface area (Å²) >= 11 is 0. The number of ether oxygens (including phenoxy) is 2. The van der Waals surface area contributed by atoms with Crippen LogP contribution >= 0.6 is 0 Å². The molecular weight excluding hydrogens is 398 g/mol. The summed E-state index contributed by atoms with van der Waals surface area (Å²) in [4.78, 5) is 36.0. The van der Waals surface area contributed by atoms with Crippen LogP contribution in [0.25, 0.3) is 0 Å². The third-order valence-electron chi connectivity index (χ3n) is 5.64. The average molecular weight is 436 g/mol. The summed E-state index contributed by atoms with van der Waals surface area (Å²) < 4.78 is 10.9. The minimum atomic E-state index is -0.733. The lowest BCUT2D eigenvalue weighted by molar-refractivity contribution is -0.384. The van der Waals surface area contributed by atoms with Gasteiger partial charge < -0.3 is 9.47 Å². The van der Waals surface area contributed by atoms with E-state index in [9.17, 15) is 19.7 Å². The van der Waals surface area contributed by atoms with Crippen molar-refractivity contribution in [3.05, 3.63) is 39.4 Å². The molecule has 0 spiro atoms. The molecule has 2 atom stereocenters. The van der Waals surface area contributed by atoms with E-state index in [0.29, 0.717) is 0 Å². The van der Waals surface area contributed by atoms with E-state index in [4.69, 9.17) is 9.47 Å². The lowest BCUT2D eigenvalue weighted by Gasteiger charge is -2.17. The molecule has 2 unspecified atom stereocenters. The van der Waals surface area contributed by atoms with Crippen molar-refractivity contribution in [3.63, 3.8) is 0 Å². The Morgan fingerprint density at radius 1 is 0.871 bits per heavy atom. The average Bonchev–Trinajstić information content (AvgIpc) is 2.78. The van der Waals surface area contributed by atoms with Crippen LogP contribution in [-0.4, -0.2) is 30.1 Å². The number of unbranched alkanes of at least 4 members (excludes halogenated alkanes) is 2. The summed E-state index contributed by atoms with van der Waals surface area (Å²) in [5.41, 5.74) is -0.385. The monoisotopic (exact) mass is 435 g/mol. The molecule has 0 saturated carbocycles. The van der Waals surface area contributed by atoms with Crippen molar-refractivity contribution >= 4 is 17.6 Å². The van der Waals surface area contributed by atoms with Crippen molar-refractivity contribution < 1.29 is 24.0 Å². The molecule has 1 rings (SSSR count). The number of nitrogens with zero attached hydrogens (tertiary/aromatic N) is 1. The van der Waals surface area contributed by atoms with E-state index in [1.165, 1.54) is 12.1 Å². The van der Waals surface area contributed by atoms with Crippen LogP contribution < -0.4 is 0 Å². The number of carbonyl (C=O) groups is 2. The maximum atomic E-state index is 12.7. The largest absolute Gasteiger partial charge is 0.462 e. The fraction of sp³-hybridized carbons (Fsp3) is 0.667. The summed E-state index contributed by atoms with van der Waals surface area (Å²) in [6.45, 7) is 8.78. The second-order valence-corrected chi connectivity index (χ2v) is 8.02. The van der Waals surface area contributed by atoms with Gasteiger partial charge in [0.25, 0.3) is 5.69 Å². The van der Waals surface area contributed by atoms with Crippen molar-refractivity contribution in [1.29, 1.82) is 0 Å². The van der Waals surface area contributed by atoms with Gasteiger partial charge in [-0.1, -0.05) is 66.2 Å². The number of esters is 2. The van der Waals surface area contributed by atoms with E-state index in [0.717, 1.165) is 57.4 Å². The zero-order valence-corrected chi connectivity index (χ0v) is 19.4. The normalized spacial score (nSPS) is 12.8. The Labute approximate surface area is 185 Å². The van der Waals surface area contributed by atoms with E-state index in [2.05, 4.69) is 13.8 Å². The van der Waals surface area contributed by atoms with Crippen LogP contribution in [0.2, 0.25) is 0 Å². The lowest BCUT2D eigenvalue weighted by atomic mass is 10.0. The molecule has 0 N–H and O–H groups in total. The zero-order valence-electron chi connectivity index (χ0n) is 19.4. The van der Waals surface area contributed by atoms with Gasteiger partial charge in [0.2, 0.25) is 0 Å². The molecule has 0 aromatic heterocycles. The van der Waals surface area contributed by atoms with Crippen molar-refractivity contribution in [3.8, 4) is 0 Å².